The van der Waals surface area contributed by atoms with Crippen molar-refractivity contribution in [3.8, 4) is 0 Å². The highest BCUT2D eigenvalue weighted by Gasteiger charge is 2.01. The molecule has 0 fully saturated rings. The number of carbonyl (C=O) groups is 2. The molecule has 0 heterocycles. The maximum atomic E-state index is 11.6. The number of amides is 2. The molecule has 0 rings (SSSR count). The number of unbranched alkanes of at least 4 members (excludes halogenated alkanes) is 6. The van der Waals surface area contributed by atoms with E-state index in [4.69, 9.17) is 14.2 Å². The highest BCUT2D eigenvalue weighted by molar-refractivity contribution is 5.76. The second-order valence-corrected chi connectivity index (χ2v) is 7.87. The molecule has 184 valence electrons. The van der Waals surface area contributed by atoms with E-state index in [2.05, 4.69) is 24.5 Å². The number of carbonyl (C=O) groups excluding carboxylic acids is 2. The average molecular weight is 445 g/mol. The van der Waals surface area contributed by atoms with Crippen molar-refractivity contribution in [1.82, 2.24) is 10.6 Å². The smallest absolute Gasteiger partial charge is 0.219 e. The van der Waals surface area contributed by atoms with Gasteiger partial charge in [0.25, 0.3) is 0 Å². The molecule has 0 aromatic rings. The molecular weight excluding hydrogens is 396 g/mol. The molecule has 0 atom stereocenters. The first kappa shape index (κ1) is 29.8. The van der Waals surface area contributed by atoms with Crippen molar-refractivity contribution >= 4 is 11.8 Å². The van der Waals surface area contributed by atoms with E-state index in [-0.39, 0.29) is 11.8 Å². The van der Waals surface area contributed by atoms with Crippen molar-refractivity contribution in [2.24, 2.45) is 0 Å². The molecule has 0 aliphatic carbocycles. The summed E-state index contributed by atoms with van der Waals surface area (Å²) in [4.78, 5) is 23.2. The maximum absolute atomic E-state index is 11.6. The van der Waals surface area contributed by atoms with Crippen LogP contribution in [-0.4, -0.2) is 64.5 Å². The summed E-state index contributed by atoms with van der Waals surface area (Å²) in [5, 5.41) is 5.86. The first-order valence-electron chi connectivity index (χ1n) is 12.5. The van der Waals surface area contributed by atoms with E-state index < -0.39 is 0 Å². The molecule has 0 radical (unpaired) electrons. The second kappa shape index (κ2) is 25.1. The van der Waals surface area contributed by atoms with Gasteiger partial charge in [0, 0.05) is 39.1 Å². The predicted octanol–water partition coefficient (Wildman–Crippen LogP) is 3.99. The number of nitrogens with one attached hydrogen (secondary N) is 2. The highest BCUT2D eigenvalue weighted by atomic mass is 16.5. The lowest BCUT2D eigenvalue weighted by atomic mass is 10.1. The molecule has 7 nitrogen and oxygen atoms in total. The van der Waals surface area contributed by atoms with Crippen LogP contribution in [0.1, 0.15) is 90.9 Å². The Labute approximate surface area is 190 Å². The van der Waals surface area contributed by atoms with Gasteiger partial charge >= 0.3 is 0 Å². The van der Waals surface area contributed by atoms with Crippen LogP contribution in [0.3, 0.4) is 0 Å². The SMILES string of the molecule is CCCCCCC(=O)NCCCOCCOCCOCCCNC(=O)CCCCCC. The van der Waals surface area contributed by atoms with Gasteiger partial charge in [0.15, 0.2) is 0 Å². The van der Waals surface area contributed by atoms with Crippen LogP contribution in [-0.2, 0) is 23.8 Å². The van der Waals surface area contributed by atoms with Gasteiger partial charge in [-0.25, -0.2) is 0 Å². The molecule has 0 saturated carbocycles. The normalized spacial score (nSPS) is 10.9. The third-order valence-electron chi connectivity index (χ3n) is 4.83. The summed E-state index contributed by atoms with van der Waals surface area (Å²) >= 11 is 0. The minimum atomic E-state index is 0.143. The van der Waals surface area contributed by atoms with E-state index >= 15 is 0 Å². The Bertz CT molecular complexity index is 371. The van der Waals surface area contributed by atoms with E-state index in [1.807, 2.05) is 0 Å². The van der Waals surface area contributed by atoms with E-state index in [0.29, 0.717) is 65.6 Å². The minimum absolute atomic E-state index is 0.143. The van der Waals surface area contributed by atoms with Crippen LogP contribution in [0.15, 0.2) is 0 Å². The van der Waals surface area contributed by atoms with Gasteiger partial charge in [-0.05, 0) is 25.7 Å². The molecule has 0 aliphatic rings. The maximum Gasteiger partial charge on any atom is 0.219 e. The molecule has 0 bridgehead atoms. The largest absolute Gasteiger partial charge is 0.379 e. The Balaban J connectivity index is 3.17. The third kappa shape index (κ3) is 25.0. The van der Waals surface area contributed by atoms with Crippen LogP contribution >= 0.6 is 0 Å². The van der Waals surface area contributed by atoms with Crippen LogP contribution in [0.4, 0.5) is 0 Å². The van der Waals surface area contributed by atoms with Crippen molar-refractivity contribution in [3.63, 3.8) is 0 Å². The quantitative estimate of drug-likeness (QED) is 0.220. The van der Waals surface area contributed by atoms with E-state index in [0.717, 1.165) is 38.5 Å². The average Bonchev–Trinajstić information content (AvgIpc) is 2.77. The predicted molar refractivity (Wildman–Crippen MR) is 125 cm³/mol. The van der Waals surface area contributed by atoms with Gasteiger partial charge in [-0.2, -0.15) is 0 Å². The van der Waals surface area contributed by atoms with E-state index in [9.17, 15) is 9.59 Å². The molecule has 2 N–H and O–H groups in total. The zero-order chi connectivity index (χ0) is 22.8. The lowest BCUT2D eigenvalue weighted by Crippen LogP contribution is -2.25. The molecule has 0 spiro atoms. The van der Waals surface area contributed by atoms with Gasteiger partial charge < -0.3 is 24.8 Å². The van der Waals surface area contributed by atoms with Gasteiger partial charge in [-0.3, -0.25) is 9.59 Å². The zero-order valence-electron chi connectivity index (χ0n) is 20.2. The Morgan fingerprint density at radius 1 is 0.516 bits per heavy atom. The van der Waals surface area contributed by atoms with Gasteiger partial charge in [-0.1, -0.05) is 52.4 Å². The van der Waals surface area contributed by atoms with Crippen molar-refractivity contribution in [2.45, 2.75) is 90.9 Å². The van der Waals surface area contributed by atoms with Crippen molar-refractivity contribution in [3.05, 3.63) is 0 Å². The summed E-state index contributed by atoms with van der Waals surface area (Å²) in [7, 11) is 0. The van der Waals surface area contributed by atoms with Crippen molar-refractivity contribution in [2.75, 3.05) is 52.7 Å². The van der Waals surface area contributed by atoms with Crippen LogP contribution in [0.2, 0.25) is 0 Å². The molecule has 31 heavy (non-hydrogen) atoms. The van der Waals surface area contributed by atoms with Gasteiger partial charge in [0.2, 0.25) is 11.8 Å². The van der Waals surface area contributed by atoms with E-state index in [1.165, 1.54) is 25.7 Å². The highest BCUT2D eigenvalue weighted by Crippen LogP contribution is 2.02. The summed E-state index contributed by atoms with van der Waals surface area (Å²) in [6.07, 6.45) is 11.9. The fourth-order valence-electron chi connectivity index (χ4n) is 2.95. The molecule has 0 saturated heterocycles. The fraction of sp³-hybridized carbons (Fsp3) is 0.917. The lowest BCUT2D eigenvalue weighted by molar-refractivity contribution is -0.122. The summed E-state index contributed by atoms with van der Waals surface area (Å²) in [6.45, 7) is 9.11. The molecule has 0 unspecified atom stereocenters. The number of hydrogen-bond donors (Lipinski definition) is 2. The first-order valence-corrected chi connectivity index (χ1v) is 12.5. The van der Waals surface area contributed by atoms with E-state index in [1.54, 1.807) is 0 Å². The summed E-state index contributed by atoms with van der Waals surface area (Å²) in [6, 6.07) is 0. The van der Waals surface area contributed by atoms with Crippen LogP contribution in [0.5, 0.6) is 0 Å². The second-order valence-electron chi connectivity index (χ2n) is 7.87. The monoisotopic (exact) mass is 444 g/mol. The molecule has 0 aromatic heterocycles. The van der Waals surface area contributed by atoms with Gasteiger partial charge in [0.1, 0.15) is 0 Å². The Kier molecular flexibility index (Phi) is 24.1. The molecule has 7 heteroatoms. The topological polar surface area (TPSA) is 85.9 Å². The van der Waals surface area contributed by atoms with Crippen LogP contribution in [0, 0.1) is 0 Å². The van der Waals surface area contributed by atoms with Gasteiger partial charge in [0.05, 0.1) is 26.4 Å². The van der Waals surface area contributed by atoms with Crippen LogP contribution < -0.4 is 10.6 Å². The first-order chi connectivity index (χ1) is 15.2. The molecular formula is C24H48N2O5. The van der Waals surface area contributed by atoms with Crippen molar-refractivity contribution < 1.29 is 23.8 Å². The van der Waals surface area contributed by atoms with Gasteiger partial charge in [-0.15, -0.1) is 0 Å². The minimum Gasteiger partial charge on any atom is -0.379 e. The summed E-state index contributed by atoms with van der Waals surface area (Å²) < 4.78 is 16.5. The molecule has 2 amide bonds. The summed E-state index contributed by atoms with van der Waals surface area (Å²) in [5.41, 5.74) is 0. The summed E-state index contributed by atoms with van der Waals surface area (Å²) in [5.74, 6) is 0.286. The van der Waals surface area contributed by atoms with Crippen LogP contribution in [0.25, 0.3) is 0 Å². The third-order valence-corrected chi connectivity index (χ3v) is 4.83. The Morgan fingerprint density at radius 2 is 0.903 bits per heavy atom. The number of ether oxygens (including phenoxy) is 3. The zero-order valence-corrected chi connectivity index (χ0v) is 20.2. The standard InChI is InChI=1S/C24H48N2O5/c1-3-5-7-9-13-23(27)25-15-11-17-29-19-21-31-22-20-30-18-12-16-26-24(28)14-10-8-6-4-2/h3-22H2,1-2H3,(H,25,27)(H,26,28). The Hall–Kier alpha value is -1.18. The molecule has 0 aliphatic heterocycles. The Morgan fingerprint density at radius 3 is 1.29 bits per heavy atom. The fourth-order valence-corrected chi connectivity index (χ4v) is 2.95. The number of hydrogen-bond acceptors (Lipinski definition) is 5. The lowest BCUT2D eigenvalue weighted by Gasteiger charge is -2.08. The number of rotatable bonds is 24. The molecule has 0 aromatic carbocycles. The van der Waals surface area contributed by atoms with Crippen molar-refractivity contribution in [1.29, 1.82) is 0 Å².